The van der Waals surface area contributed by atoms with Crippen molar-refractivity contribution in [1.82, 2.24) is 4.98 Å². The molecule has 5 nitrogen and oxygen atoms in total. The summed E-state index contributed by atoms with van der Waals surface area (Å²) >= 11 is 0. The molecule has 1 rings (SSSR count). The lowest BCUT2D eigenvalue weighted by atomic mass is 10.3. The Kier molecular flexibility index (Phi) is 7.35. The largest absolute Gasteiger partial charge is 0.382 e. The highest BCUT2D eigenvalue weighted by Crippen LogP contribution is 1.97. The van der Waals surface area contributed by atoms with Gasteiger partial charge in [0.2, 0.25) is 0 Å². The molecule has 0 saturated heterocycles. The molecule has 1 heterocycles. The molecule has 0 spiro atoms. The fraction of sp³-hybridized carbons (Fsp3) is 0.250. The Morgan fingerprint density at radius 1 is 1.43 bits per heavy atom. The van der Waals surface area contributed by atoms with Crippen LogP contribution in [0.15, 0.2) is 64.2 Å². The lowest BCUT2D eigenvalue weighted by Gasteiger charge is -2.03. The van der Waals surface area contributed by atoms with Gasteiger partial charge >= 0.3 is 0 Å². The van der Waals surface area contributed by atoms with Gasteiger partial charge in [0.25, 0.3) is 0 Å². The lowest BCUT2D eigenvalue weighted by molar-refractivity contribution is 0.756. The zero-order chi connectivity index (χ0) is 15.5. The molecule has 1 atom stereocenters. The lowest BCUT2D eigenvalue weighted by Crippen LogP contribution is -2.17. The number of hydrogen-bond donors (Lipinski definition) is 1. The second-order valence-corrected chi connectivity index (χ2v) is 4.37. The molecule has 2 N–H and O–H groups in total. The maximum atomic E-state index is 5.89. The number of rotatable bonds is 6. The number of amidine groups is 2. The molecule has 1 aromatic rings. The van der Waals surface area contributed by atoms with E-state index in [1.165, 1.54) is 0 Å². The molecular weight excluding hydrogens is 262 g/mol. The van der Waals surface area contributed by atoms with Gasteiger partial charge < -0.3 is 5.73 Å². The van der Waals surface area contributed by atoms with E-state index >= 15 is 0 Å². The molecule has 1 aromatic heterocycles. The molecular formula is C16H21N5. The Morgan fingerprint density at radius 2 is 2.24 bits per heavy atom. The quantitative estimate of drug-likeness (QED) is 0.494. The average Bonchev–Trinajstić information content (AvgIpc) is 2.47. The summed E-state index contributed by atoms with van der Waals surface area (Å²) in [5, 5.41) is 0. The third kappa shape index (κ3) is 6.96. The van der Waals surface area contributed by atoms with E-state index in [0.29, 0.717) is 23.9 Å². The van der Waals surface area contributed by atoms with E-state index in [1.807, 2.05) is 44.2 Å². The first-order valence-electron chi connectivity index (χ1n) is 6.71. The maximum absolute atomic E-state index is 5.89. The van der Waals surface area contributed by atoms with Gasteiger partial charge in [-0.05, 0) is 32.1 Å². The minimum Gasteiger partial charge on any atom is -0.382 e. The first-order chi connectivity index (χ1) is 10.1. The fourth-order valence-corrected chi connectivity index (χ4v) is 1.54. The topological polar surface area (TPSA) is 76.0 Å². The Balaban J connectivity index is 2.61. The summed E-state index contributed by atoms with van der Waals surface area (Å²) in [6, 6.07) is 5.55. The van der Waals surface area contributed by atoms with Crippen molar-refractivity contribution >= 4 is 17.9 Å². The Morgan fingerprint density at radius 3 is 2.90 bits per heavy atom. The van der Waals surface area contributed by atoms with Crippen LogP contribution in [0.25, 0.3) is 0 Å². The maximum Gasteiger partial charge on any atom is 0.151 e. The van der Waals surface area contributed by atoms with Gasteiger partial charge in [0.15, 0.2) is 5.84 Å². The molecule has 0 aromatic carbocycles. The Bertz CT molecular complexity index is 555. The SMILES string of the molecule is C=C/C=C\C=NCC(C)N=C(C)N=C(N)c1ccccn1. The van der Waals surface area contributed by atoms with Crippen LogP contribution >= 0.6 is 0 Å². The molecule has 21 heavy (non-hydrogen) atoms. The van der Waals surface area contributed by atoms with Gasteiger partial charge in [0.1, 0.15) is 11.5 Å². The van der Waals surface area contributed by atoms with Crippen LogP contribution in [0.1, 0.15) is 19.5 Å². The molecule has 0 aliphatic rings. The predicted octanol–water partition coefficient (Wildman–Crippen LogP) is 2.41. The van der Waals surface area contributed by atoms with E-state index in [1.54, 1.807) is 18.5 Å². The van der Waals surface area contributed by atoms with Crippen molar-refractivity contribution in [3.05, 3.63) is 54.9 Å². The van der Waals surface area contributed by atoms with Crippen molar-refractivity contribution < 1.29 is 0 Å². The summed E-state index contributed by atoms with van der Waals surface area (Å²) in [4.78, 5) is 17.1. The first-order valence-corrected chi connectivity index (χ1v) is 6.71. The fourth-order valence-electron chi connectivity index (χ4n) is 1.54. The van der Waals surface area contributed by atoms with E-state index in [2.05, 4.69) is 26.5 Å². The second kappa shape index (κ2) is 9.36. The number of aromatic nitrogens is 1. The summed E-state index contributed by atoms with van der Waals surface area (Å²) in [5.41, 5.74) is 6.53. The molecule has 0 amide bonds. The van der Waals surface area contributed by atoms with Crippen LogP contribution in [0.2, 0.25) is 0 Å². The monoisotopic (exact) mass is 283 g/mol. The van der Waals surface area contributed by atoms with Crippen molar-refractivity contribution in [3.63, 3.8) is 0 Å². The number of allylic oxidation sites excluding steroid dienone is 3. The number of aliphatic imine (C=N–C) groups is 3. The van der Waals surface area contributed by atoms with Gasteiger partial charge in [-0.15, -0.1) is 0 Å². The van der Waals surface area contributed by atoms with Crippen molar-refractivity contribution in [1.29, 1.82) is 0 Å². The molecule has 0 aliphatic heterocycles. The van der Waals surface area contributed by atoms with Gasteiger partial charge in [-0.2, -0.15) is 0 Å². The summed E-state index contributed by atoms with van der Waals surface area (Å²) in [6.07, 6.45) is 8.76. The average molecular weight is 283 g/mol. The summed E-state index contributed by atoms with van der Waals surface area (Å²) < 4.78 is 0. The van der Waals surface area contributed by atoms with Crippen LogP contribution in [0, 0.1) is 0 Å². The van der Waals surface area contributed by atoms with Crippen molar-refractivity contribution in [2.45, 2.75) is 19.9 Å². The minimum atomic E-state index is 0.0404. The van der Waals surface area contributed by atoms with Gasteiger partial charge in [0, 0.05) is 12.4 Å². The second-order valence-electron chi connectivity index (χ2n) is 4.37. The van der Waals surface area contributed by atoms with Crippen LogP contribution < -0.4 is 5.73 Å². The summed E-state index contributed by atoms with van der Waals surface area (Å²) in [5.74, 6) is 0.976. The van der Waals surface area contributed by atoms with Gasteiger partial charge in [0.05, 0.1) is 12.6 Å². The molecule has 0 radical (unpaired) electrons. The smallest absolute Gasteiger partial charge is 0.151 e. The predicted molar refractivity (Wildman–Crippen MR) is 90.2 cm³/mol. The minimum absolute atomic E-state index is 0.0404. The summed E-state index contributed by atoms with van der Waals surface area (Å²) in [6.45, 7) is 7.97. The number of hydrogen-bond acceptors (Lipinski definition) is 3. The van der Waals surface area contributed by atoms with E-state index in [9.17, 15) is 0 Å². The third-order valence-electron chi connectivity index (χ3n) is 2.43. The number of nitrogens with two attached hydrogens (primary N) is 1. The standard InChI is InChI=1S/C16H21N5/c1-4-5-7-10-18-12-13(2)20-14(3)21-16(17)15-9-6-8-11-19-15/h4-11,13H,1,12H2,2-3H3,(H2,17,20,21)/b7-5-,18-10?. The molecule has 0 aliphatic carbocycles. The highest BCUT2D eigenvalue weighted by atomic mass is 15.0. The Labute approximate surface area is 125 Å². The van der Waals surface area contributed by atoms with Gasteiger partial charge in [-0.3, -0.25) is 15.0 Å². The van der Waals surface area contributed by atoms with E-state index < -0.39 is 0 Å². The molecule has 0 bridgehead atoms. The highest BCUT2D eigenvalue weighted by molar-refractivity contribution is 6.03. The molecule has 0 fully saturated rings. The van der Waals surface area contributed by atoms with Gasteiger partial charge in [-0.25, -0.2) is 4.99 Å². The highest BCUT2D eigenvalue weighted by Gasteiger charge is 2.01. The van der Waals surface area contributed by atoms with Crippen LogP contribution in [0.3, 0.4) is 0 Å². The zero-order valence-corrected chi connectivity index (χ0v) is 12.5. The number of nitrogens with zero attached hydrogens (tertiary/aromatic N) is 4. The van der Waals surface area contributed by atoms with Crippen molar-refractivity contribution in [3.8, 4) is 0 Å². The Hall–Kier alpha value is -2.56. The molecule has 5 heteroatoms. The van der Waals surface area contributed by atoms with Crippen molar-refractivity contribution in [2.75, 3.05) is 6.54 Å². The number of pyridine rings is 1. The van der Waals surface area contributed by atoms with E-state index in [-0.39, 0.29) is 6.04 Å². The van der Waals surface area contributed by atoms with Gasteiger partial charge in [-0.1, -0.05) is 24.8 Å². The van der Waals surface area contributed by atoms with Crippen LogP contribution in [-0.4, -0.2) is 35.5 Å². The third-order valence-corrected chi connectivity index (χ3v) is 2.43. The first kappa shape index (κ1) is 16.5. The van der Waals surface area contributed by atoms with Crippen molar-refractivity contribution in [2.24, 2.45) is 20.7 Å². The van der Waals surface area contributed by atoms with Crippen LogP contribution in [-0.2, 0) is 0 Å². The zero-order valence-electron chi connectivity index (χ0n) is 12.5. The van der Waals surface area contributed by atoms with E-state index in [0.717, 1.165) is 0 Å². The summed E-state index contributed by atoms with van der Waals surface area (Å²) in [7, 11) is 0. The molecule has 1 unspecified atom stereocenters. The van der Waals surface area contributed by atoms with Crippen LogP contribution in [0.5, 0.6) is 0 Å². The molecule has 0 saturated carbocycles. The normalized spacial score (nSPS) is 14.8. The van der Waals surface area contributed by atoms with E-state index in [4.69, 9.17) is 5.73 Å². The van der Waals surface area contributed by atoms with Crippen LogP contribution in [0.4, 0.5) is 0 Å². The molecule has 110 valence electrons.